The Balaban J connectivity index is 1.41. The fraction of sp³-hybridized carbons (Fsp3) is 0.400. The number of anilines is 1. The van der Waals surface area contributed by atoms with Crippen molar-refractivity contribution in [1.29, 1.82) is 0 Å². The van der Waals surface area contributed by atoms with E-state index in [0.717, 1.165) is 10.8 Å². The van der Waals surface area contributed by atoms with E-state index in [1.54, 1.807) is 7.11 Å². The van der Waals surface area contributed by atoms with Crippen LogP contribution in [0.1, 0.15) is 30.2 Å². The van der Waals surface area contributed by atoms with E-state index < -0.39 is 0 Å². The number of ether oxygens (including phenoxy) is 2. The average molecular weight is 319 g/mol. The Hall–Kier alpha value is -2.15. The zero-order valence-electron chi connectivity index (χ0n) is 12.2. The molecule has 1 N–H and O–H groups in total. The van der Waals surface area contributed by atoms with Crippen LogP contribution in [0.3, 0.4) is 0 Å². The molecule has 1 aromatic heterocycles. The molecule has 1 aliphatic rings. The number of rotatable bonds is 7. The number of carbonyl (C=O) groups is 1. The third-order valence-electron chi connectivity index (χ3n) is 3.27. The summed E-state index contributed by atoms with van der Waals surface area (Å²) in [7, 11) is 1.61. The summed E-state index contributed by atoms with van der Waals surface area (Å²) in [4.78, 5) is 11.8. The molecule has 0 radical (unpaired) electrons. The standard InChI is InChI=1S/C15H17N3O3S/c1-20-11-4-6-12(7-5-11)21-9-8-13(19)16-15-18-17-14(22-15)10-2-3-10/h4-7,10H,2-3,8-9H2,1H3,(H,16,18,19). The van der Waals surface area contributed by atoms with Gasteiger partial charge in [0.25, 0.3) is 0 Å². The summed E-state index contributed by atoms with van der Waals surface area (Å²) >= 11 is 1.46. The molecule has 0 saturated heterocycles. The van der Waals surface area contributed by atoms with Crippen molar-refractivity contribution >= 4 is 22.4 Å². The van der Waals surface area contributed by atoms with Gasteiger partial charge in [-0.2, -0.15) is 0 Å². The van der Waals surface area contributed by atoms with Gasteiger partial charge in [-0.25, -0.2) is 0 Å². The first-order valence-corrected chi connectivity index (χ1v) is 7.96. The van der Waals surface area contributed by atoms with Gasteiger partial charge in [0.15, 0.2) is 0 Å². The molecule has 3 rings (SSSR count). The molecule has 1 aliphatic carbocycles. The molecular weight excluding hydrogens is 302 g/mol. The number of nitrogens with one attached hydrogen (secondary N) is 1. The molecule has 0 unspecified atom stereocenters. The minimum Gasteiger partial charge on any atom is -0.497 e. The van der Waals surface area contributed by atoms with Crippen molar-refractivity contribution in [2.24, 2.45) is 0 Å². The SMILES string of the molecule is COc1ccc(OCCC(=O)Nc2nnc(C3CC3)s2)cc1. The van der Waals surface area contributed by atoms with Gasteiger partial charge in [-0.15, -0.1) is 10.2 Å². The van der Waals surface area contributed by atoms with Crippen LogP contribution < -0.4 is 14.8 Å². The quantitative estimate of drug-likeness (QED) is 0.849. The minimum absolute atomic E-state index is 0.119. The number of nitrogens with zero attached hydrogens (tertiary/aromatic N) is 2. The first-order valence-electron chi connectivity index (χ1n) is 7.14. The predicted octanol–water partition coefficient (Wildman–Crippen LogP) is 2.83. The number of methoxy groups -OCH3 is 1. The van der Waals surface area contributed by atoms with E-state index in [1.807, 2.05) is 24.3 Å². The van der Waals surface area contributed by atoms with Crippen LogP contribution in [0, 0.1) is 0 Å². The van der Waals surface area contributed by atoms with Crippen molar-refractivity contribution in [2.75, 3.05) is 19.0 Å². The van der Waals surface area contributed by atoms with Gasteiger partial charge < -0.3 is 14.8 Å². The van der Waals surface area contributed by atoms with Crippen molar-refractivity contribution in [3.63, 3.8) is 0 Å². The Morgan fingerprint density at radius 3 is 2.68 bits per heavy atom. The molecule has 116 valence electrons. The lowest BCUT2D eigenvalue weighted by molar-refractivity contribution is -0.116. The number of hydrogen-bond donors (Lipinski definition) is 1. The molecular formula is C15H17N3O3S. The lowest BCUT2D eigenvalue weighted by atomic mass is 10.3. The summed E-state index contributed by atoms with van der Waals surface area (Å²) in [5, 5.41) is 12.4. The van der Waals surface area contributed by atoms with E-state index in [1.165, 1.54) is 24.2 Å². The summed E-state index contributed by atoms with van der Waals surface area (Å²) in [6.07, 6.45) is 2.63. The van der Waals surface area contributed by atoms with Crippen LogP contribution in [0.15, 0.2) is 24.3 Å². The van der Waals surface area contributed by atoms with Crippen LogP contribution in [0.5, 0.6) is 11.5 Å². The number of hydrogen-bond acceptors (Lipinski definition) is 6. The van der Waals surface area contributed by atoms with Crippen molar-refractivity contribution in [3.05, 3.63) is 29.3 Å². The third kappa shape index (κ3) is 3.94. The molecule has 2 aromatic rings. The molecule has 0 atom stereocenters. The zero-order valence-corrected chi connectivity index (χ0v) is 13.1. The van der Waals surface area contributed by atoms with E-state index in [2.05, 4.69) is 15.5 Å². The average Bonchev–Trinajstić information content (AvgIpc) is 3.28. The molecule has 1 amide bonds. The first-order chi connectivity index (χ1) is 10.7. The van der Waals surface area contributed by atoms with E-state index in [4.69, 9.17) is 9.47 Å². The topological polar surface area (TPSA) is 73.3 Å². The van der Waals surface area contributed by atoms with Crippen LogP contribution >= 0.6 is 11.3 Å². The Morgan fingerprint density at radius 1 is 1.27 bits per heavy atom. The predicted molar refractivity (Wildman–Crippen MR) is 83.6 cm³/mol. The molecule has 22 heavy (non-hydrogen) atoms. The second-order valence-corrected chi connectivity index (χ2v) is 6.05. The number of amides is 1. The second kappa shape index (κ2) is 6.74. The minimum atomic E-state index is -0.119. The molecule has 0 bridgehead atoms. The lowest BCUT2D eigenvalue weighted by Crippen LogP contribution is -2.15. The Bertz CT molecular complexity index is 638. The van der Waals surface area contributed by atoms with Gasteiger partial charge in [-0.1, -0.05) is 11.3 Å². The lowest BCUT2D eigenvalue weighted by Gasteiger charge is -2.06. The molecule has 1 saturated carbocycles. The molecule has 1 aromatic carbocycles. The van der Waals surface area contributed by atoms with E-state index in [9.17, 15) is 4.79 Å². The van der Waals surface area contributed by atoms with Gasteiger partial charge in [-0.3, -0.25) is 4.79 Å². The summed E-state index contributed by atoms with van der Waals surface area (Å²) in [5.41, 5.74) is 0. The second-order valence-electron chi connectivity index (χ2n) is 5.04. The highest BCUT2D eigenvalue weighted by molar-refractivity contribution is 7.15. The zero-order chi connectivity index (χ0) is 15.4. The normalized spacial score (nSPS) is 13.7. The van der Waals surface area contributed by atoms with Crippen molar-refractivity contribution in [3.8, 4) is 11.5 Å². The Kier molecular flexibility index (Phi) is 4.53. The van der Waals surface area contributed by atoms with Crippen LogP contribution in [0.4, 0.5) is 5.13 Å². The fourth-order valence-corrected chi connectivity index (χ4v) is 2.82. The monoisotopic (exact) mass is 319 g/mol. The summed E-state index contributed by atoms with van der Waals surface area (Å²) in [5.74, 6) is 1.92. The Morgan fingerprint density at radius 2 is 2.00 bits per heavy atom. The van der Waals surface area contributed by atoms with Gasteiger partial charge in [0.1, 0.15) is 16.5 Å². The maximum Gasteiger partial charge on any atom is 0.229 e. The highest BCUT2D eigenvalue weighted by atomic mass is 32.1. The molecule has 1 heterocycles. The molecule has 7 heteroatoms. The van der Waals surface area contributed by atoms with E-state index in [-0.39, 0.29) is 12.3 Å². The smallest absolute Gasteiger partial charge is 0.229 e. The molecule has 1 fully saturated rings. The van der Waals surface area contributed by atoms with Crippen molar-refractivity contribution in [2.45, 2.75) is 25.2 Å². The maximum absolute atomic E-state index is 11.8. The fourth-order valence-electron chi connectivity index (χ4n) is 1.90. The maximum atomic E-state index is 11.8. The molecule has 0 spiro atoms. The van der Waals surface area contributed by atoms with Crippen LogP contribution in [0.2, 0.25) is 0 Å². The number of aromatic nitrogens is 2. The van der Waals surface area contributed by atoms with Gasteiger partial charge in [0.2, 0.25) is 11.0 Å². The van der Waals surface area contributed by atoms with E-state index in [0.29, 0.717) is 23.4 Å². The largest absolute Gasteiger partial charge is 0.497 e. The van der Waals surface area contributed by atoms with Gasteiger partial charge in [-0.05, 0) is 37.1 Å². The van der Waals surface area contributed by atoms with Gasteiger partial charge >= 0.3 is 0 Å². The van der Waals surface area contributed by atoms with Crippen LogP contribution in [0.25, 0.3) is 0 Å². The van der Waals surface area contributed by atoms with E-state index >= 15 is 0 Å². The highest BCUT2D eigenvalue weighted by Crippen LogP contribution is 2.42. The summed E-state index contributed by atoms with van der Waals surface area (Å²) in [6, 6.07) is 7.25. The molecule has 6 nitrogen and oxygen atoms in total. The van der Waals surface area contributed by atoms with Crippen LogP contribution in [-0.2, 0) is 4.79 Å². The van der Waals surface area contributed by atoms with Crippen molar-refractivity contribution < 1.29 is 14.3 Å². The number of carbonyl (C=O) groups excluding carboxylic acids is 1. The van der Waals surface area contributed by atoms with Gasteiger partial charge in [0.05, 0.1) is 20.1 Å². The third-order valence-corrected chi connectivity index (χ3v) is 4.27. The van der Waals surface area contributed by atoms with Crippen LogP contribution in [-0.4, -0.2) is 29.8 Å². The molecule has 0 aliphatic heterocycles. The summed E-state index contributed by atoms with van der Waals surface area (Å²) in [6.45, 7) is 0.312. The van der Waals surface area contributed by atoms with Crippen molar-refractivity contribution in [1.82, 2.24) is 10.2 Å². The Labute approximate surface area is 132 Å². The summed E-state index contributed by atoms with van der Waals surface area (Å²) < 4.78 is 10.6. The highest BCUT2D eigenvalue weighted by Gasteiger charge is 2.27. The first kappa shape index (κ1) is 14.8. The number of benzene rings is 1. The van der Waals surface area contributed by atoms with Gasteiger partial charge in [0, 0.05) is 5.92 Å².